The van der Waals surface area contributed by atoms with E-state index in [1.807, 2.05) is 42.5 Å². The Kier molecular flexibility index (Phi) is 3.99. The molecule has 1 aliphatic rings. The van der Waals surface area contributed by atoms with Crippen LogP contribution in [0.15, 0.2) is 53.4 Å². The first-order chi connectivity index (χ1) is 10.2. The molecule has 0 radical (unpaired) electrons. The summed E-state index contributed by atoms with van der Waals surface area (Å²) in [7, 11) is 0. The highest BCUT2D eigenvalue weighted by Crippen LogP contribution is 2.44. The summed E-state index contributed by atoms with van der Waals surface area (Å²) >= 11 is 1.54. The average molecular weight is 299 g/mol. The van der Waals surface area contributed by atoms with Crippen molar-refractivity contribution in [2.45, 2.75) is 29.6 Å². The lowest BCUT2D eigenvalue weighted by molar-refractivity contribution is -0.124. The monoisotopic (exact) mass is 299 g/mol. The average Bonchev–Trinajstić information content (AvgIpc) is 2.65. The first kappa shape index (κ1) is 14.2. The van der Waals surface area contributed by atoms with Crippen LogP contribution in [-0.2, 0) is 11.2 Å². The zero-order valence-electron chi connectivity index (χ0n) is 11.7. The van der Waals surface area contributed by atoms with Gasteiger partial charge in [0, 0.05) is 4.90 Å². The van der Waals surface area contributed by atoms with E-state index < -0.39 is 6.10 Å². The molecule has 1 heterocycles. The van der Waals surface area contributed by atoms with Gasteiger partial charge in [-0.1, -0.05) is 43.3 Å². The summed E-state index contributed by atoms with van der Waals surface area (Å²) in [5, 5.41) is 12.9. The molecule has 108 valence electrons. The highest BCUT2D eigenvalue weighted by atomic mass is 32.2. The second-order valence-corrected chi connectivity index (χ2v) is 6.25. The Labute approximate surface area is 128 Å². The van der Waals surface area contributed by atoms with Crippen molar-refractivity contribution < 1.29 is 9.90 Å². The van der Waals surface area contributed by atoms with Gasteiger partial charge in [0.05, 0.1) is 10.9 Å². The van der Waals surface area contributed by atoms with Crippen LogP contribution in [0.3, 0.4) is 0 Å². The molecule has 1 aliphatic heterocycles. The van der Waals surface area contributed by atoms with Crippen molar-refractivity contribution >= 4 is 23.4 Å². The highest BCUT2D eigenvalue weighted by Gasteiger charge is 2.32. The molecule has 0 aromatic heterocycles. The SMILES string of the molecule is CCc1ccc2c(c1)S[C@H](c1ccccc1)[C@H](O)C(=O)N2. The Bertz CT molecular complexity index is 657. The number of thioether (sulfide) groups is 1. The van der Waals surface area contributed by atoms with Gasteiger partial charge < -0.3 is 10.4 Å². The van der Waals surface area contributed by atoms with Gasteiger partial charge in [0.1, 0.15) is 6.10 Å². The summed E-state index contributed by atoms with van der Waals surface area (Å²) < 4.78 is 0. The Balaban J connectivity index is 2.03. The smallest absolute Gasteiger partial charge is 0.254 e. The molecule has 4 heteroatoms. The zero-order chi connectivity index (χ0) is 14.8. The molecule has 2 aromatic rings. The molecule has 2 atom stereocenters. The molecule has 0 saturated heterocycles. The van der Waals surface area contributed by atoms with Crippen LogP contribution in [0, 0.1) is 0 Å². The van der Waals surface area contributed by atoms with E-state index in [-0.39, 0.29) is 11.2 Å². The number of carbonyl (C=O) groups excluding carboxylic acids is 1. The maximum absolute atomic E-state index is 12.1. The van der Waals surface area contributed by atoms with Crippen LogP contribution in [0.2, 0.25) is 0 Å². The number of anilines is 1. The molecule has 2 aromatic carbocycles. The lowest BCUT2D eigenvalue weighted by atomic mass is 10.1. The number of aliphatic hydroxyl groups excluding tert-OH is 1. The number of amides is 1. The van der Waals surface area contributed by atoms with Gasteiger partial charge in [0.25, 0.3) is 5.91 Å². The lowest BCUT2D eigenvalue weighted by Gasteiger charge is -2.18. The molecule has 21 heavy (non-hydrogen) atoms. The number of benzene rings is 2. The van der Waals surface area contributed by atoms with Crippen molar-refractivity contribution in [3.63, 3.8) is 0 Å². The summed E-state index contributed by atoms with van der Waals surface area (Å²) in [6, 6.07) is 15.7. The Morgan fingerprint density at radius 2 is 1.95 bits per heavy atom. The second-order valence-electron chi connectivity index (χ2n) is 5.07. The van der Waals surface area contributed by atoms with Crippen LogP contribution in [-0.4, -0.2) is 17.1 Å². The van der Waals surface area contributed by atoms with Crippen LogP contribution < -0.4 is 5.32 Å². The van der Waals surface area contributed by atoms with E-state index in [4.69, 9.17) is 0 Å². The molecule has 0 unspecified atom stereocenters. The lowest BCUT2D eigenvalue weighted by Crippen LogP contribution is -2.30. The summed E-state index contributed by atoms with van der Waals surface area (Å²) in [4.78, 5) is 13.1. The second kappa shape index (κ2) is 5.92. The van der Waals surface area contributed by atoms with Crippen LogP contribution in [0.1, 0.15) is 23.3 Å². The molecule has 0 saturated carbocycles. The summed E-state index contributed by atoms with van der Waals surface area (Å²) in [6.45, 7) is 2.10. The van der Waals surface area contributed by atoms with Gasteiger partial charge >= 0.3 is 0 Å². The molecular formula is C17H17NO2S. The fraction of sp³-hybridized carbons (Fsp3) is 0.235. The van der Waals surface area contributed by atoms with Crippen LogP contribution in [0.5, 0.6) is 0 Å². The van der Waals surface area contributed by atoms with E-state index in [1.54, 1.807) is 0 Å². The third-order valence-electron chi connectivity index (χ3n) is 3.65. The number of hydrogen-bond acceptors (Lipinski definition) is 3. The Morgan fingerprint density at radius 1 is 1.19 bits per heavy atom. The minimum absolute atomic E-state index is 0.292. The quantitative estimate of drug-likeness (QED) is 0.893. The number of nitrogens with one attached hydrogen (secondary N) is 1. The van der Waals surface area contributed by atoms with Crippen LogP contribution >= 0.6 is 11.8 Å². The number of fused-ring (bicyclic) bond motifs is 1. The van der Waals surface area contributed by atoms with Crippen molar-refractivity contribution in [3.05, 3.63) is 59.7 Å². The predicted octanol–water partition coefficient (Wildman–Crippen LogP) is 3.40. The van der Waals surface area contributed by atoms with E-state index in [2.05, 4.69) is 18.3 Å². The topological polar surface area (TPSA) is 49.3 Å². The number of aliphatic hydroxyl groups is 1. The highest BCUT2D eigenvalue weighted by molar-refractivity contribution is 7.99. The van der Waals surface area contributed by atoms with E-state index >= 15 is 0 Å². The molecular weight excluding hydrogens is 282 g/mol. The van der Waals surface area contributed by atoms with E-state index in [0.717, 1.165) is 22.6 Å². The van der Waals surface area contributed by atoms with Crippen LogP contribution in [0.25, 0.3) is 0 Å². The maximum Gasteiger partial charge on any atom is 0.254 e. The van der Waals surface area contributed by atoms with Gasteiger partial charge in [-0.2, -0.15) is 0 Å². The van der Waals surface area contributed by atoms with Gasteiger partial charge in [0.15, 0.2) is 0 Å². The minimum atomic E-state index is -1.06. The van der Waals surface area contributed by atoms with Crippen molar-refractivity contribution in [1.82, 2.24) is 0 Å². The molecule has 0 aliphatic carbocycles. The number of rotatable bonds is 2. The van der Waals surface area contributed by atoms with Gasteiger partial charge in [-0.25, -0.2) is 0 Å². The summed E-state index contributed by atoms with van der Waals surface area (Å²) in [5.41, 5.74) is 2.96. The third-order valence-corrected chi connectivity index (χ3v) is 5.03. The molecule has 0 fully saturated rings. The number of carbonyl (C=O) groups is 1. The first-order valence-corrected chi connectivity index (χ1v) is 7.90. The maximum atomic E-state index is 12.1. The number of hydrogen-bond donors (Lipinski definition) is 2. The Hall–Kier alpha value is -1.78. The predicted molar refractivity (Wildman–Crippen MR) is 85.5 cm³/mol. The van der Waals surface area contributed by atoms with Crippen molar-refractivity contribution in [2.75, 3.05) is 5.32 Å². The van der Waals surface area contributed by atoms with Crippen LogP contribution in [0.4, 0.5) is 5.69 Å². The van der Waals surface area contributed by atoms with E-state index in [0.29, 0.717) is 0 Å². The van der Waals surface area contributed by atoms with Crippen molar-refractivity contribution in [3.8, 4) is 0 Å². The molecule has 2 N–H and O–H groups in total. The van der Waals surface area contributed by atoms with E-state index in [1.165, 1.54) is 17.3 Å². The molecule has 1 amide bonds. The van der Waals surface area contributed by atoms with Gasteiger partial charge in [-0.15, -0.1) is 11.8 Å². The minimum Gasteiger partial charge on any atom is -0.382 e. The van der Waals surface area contributed by atoms with Crippen molar-refractivity contribution in [2.24, 2.45) is 0 Å². The first-order valence-electron chi connectivity index (χ1n) is 7.02. The molecule has 0 bridgehead atoms. The fourth-order valence-electron chi connectivity index (χ4n) is 2.43. The zero-order valence-corrected chi connectivity index (χ0v) is 12.6. The van der Waals surface area contributed by atoms with Crippen molar-refractivity contribution in [1.29, 1.82) is 0 Å². The summed E-state index contributed by atoms with van der Waals surface area (Å²) in [5.74, 6) is -0.348. The summed E-state index contributed by atoms with van der Waals surface area (Å²) in [6.07, 6.45) is -0.116. The van der Waals surface area contributed by atoms with E-state index in [9.17, 15) is 9.90 Å². The number of aryl methyl sites for hydroxylation is 1. The third kappa shape index (κ3) is 2.82. The standard InChI is InChI=1S/C17H17NO2S/c1-2-11-8-9-13-14(10-11)21-16(15(19)17(20)18-13)12-6-4-3-5-7-12/h3-10,15-16,19H,2H2,1H3,(H,18,20)/t15-,16+/m0/s1. The van der Waals surface area contributed by atoms with Gasteiger partial charge in [-0.3, -0.25) is 4.79 Å². The fourth-order valence-corrected chi connectivity index (χ4v) is 3.71. The normalized spacial score (nSPS) is 21.3. The molecule has 0 spiro atoms. The molecule has 3 nitrogen and oxygen atoms in total. The Morgan fingerprint density at radius 3 is 2.67 bits per heavy atom. The van der Waals surface area contributed by atoms with Gasteiger partial charge in [-0.05, 0) is 29.7 Å². The molecule has 3 rings (SSSR count). The largest absolute Gasteiger partial charge is 0.382 e. The van der Waals surface area contributed by atoms with Gasteiger partial charge in [0.2, 0.25) is 0 Å².